The van der Waals surface area contributed by atoms with Crippen LogP contribution >= 0.6 is 11.8 Å². The van der Waals surface area contributed by atoms with Crippen LogP contribution in [0.2, 0.25) is 0 Å². The van der Waals surface area contributed by atoms with Gasteiger partial charge in [0.25, 0.3) is 0 Å². The fourth-order valence-corrected chi connectivity index (χ4v) is 1.52. The number of rotatable bonds is 4. The number of hydrogen-bond donors (Lipinski definition) is 2. The van der Waals surface area contributed by atoms with Crippen LogP contribution < -0.4 is 5.32 Å². The van der Waals surface area contributed by atoms with Crippen molar-refractivity contribution in [3.05, 3.63) is 29.8 Å². The molecule has 0 fully saturated rings. The first kappa shape index (κ1) is 25.2. The van der Waals surface area contributed by atoms with Crippen LogP contribution in [0.1, 0.15) is 54.0 Å². The quantitative estimate of drug-likeness (QED) is 0.556. The monoisotopic (exact) mass is 312 g/mol. The molecule has 0 heterocycles. The highest BCUT2D eigenvalue weighted by Gasteiger charge is 1.88. The maximum absolute atomic E-state index is 6.50. The topological polar surface area (TPSA) is 35.9 Å². The Hall–Kier alpha value is -0.800. The van der Waals surface area contributed by atoms with Crippen molar-refractivity contribution in [2.24, 2.45) is 0 Å². The first-order chi connectivity index (χ1) is 10.0. The standard InChI is InChI=1S/C9H12S.C4H11N.C3H7N.C2H6/c1-3-8-4-6-9(10-2)7-5-8;1-3-5-4-2;1-3(2)4;1-2/h4-7H,3H2,1-2H3;5H,3-4H2,1-2H3;4H,1-2H3;1-2H3. The minimum atomic E-state index is 0.667. The van der Waals surface area contributed by atoms with E-state index in [1.54, 1.807) is 25.6 Å². The van der Waals surface area contributed by atoms with Gasteiger partial charge in [0.2, 0.25) is 0 Å². The Balaban J connectivity index is -0.000000250. The van der Waals surface area contributed by atoms with Gasteiger partial charge in [-0.05, 0) is 57.3 Å². The number of aryl methyl sites for hydroxylation is 1. The highest BCUT2D eigenvalue weighted by Crippen LogP contribution is 2.14. The molecule has 0 saturated heterocycles. The molecular formula is C18H36N2S. The summed E-state index contributed by atoms with van der Waals surface area (Å²) < 4.78 is 0. The normalized spacial score (nSPS) is 8.19. The molecule has 0 aliphatic heterocycles. The molecule has 0 amide bonds. The Morgan fingerprint density at radius 1 is 1.00 bits per heavy atom. The summed E-state index contributed by atoms with van der Waals surface area (Å²) in [4.78, 5) is 1.34. The fraction of sp³-hybridized carbons (Fsp3) is 0.611. The predicted molar refractivity (Wildman–Crippen MR) is 102 cm³/mol. The van der Waals surface area contributed by atoms with E-state index < -0.39 is 0 Å². The van der Waals surface area contributed by atoms with E-state index in [4.69, 9.17) is 5.41 Å². The molecule has 0 unspecified atom stereocenters. The summed E-state index contributed by atoms with van der Waals surface area (Å²) in [5.74, 6) is 0. The van der Waals surface area contributed by atoms with Crippen molar-refractivity contribution in [1.82, 2.24) is 5.32 Å². The van der Waals surface area contributed by atoms with Gasteiger partial charge in [-0.1, -0.05) is 46.8 Å². The molecule has 2 N–H and O–H groups in total. The minimum Gasteiger partial charge on any atom is -0.317 e. The van der Waals surface area contributed by atoms with Crippen molar-refractivity contribution >= 4 is 17.5 Å². The lowest BCUT2D eigenvalue weighted by atomic mass is 10.2. The predicted octanol–water partition coefficient (Wildman–Crippen LogP) is 5.66. The van der Waals surface area contributed by atoms with Crippen LogP contribution in [0.3, 0.4) is 0 Å². The molecule has 0 atom stereocenters. The molecule has 21 heavy (non-hydrogen) atoms. The maximum Gasteiger partial charge on any atom is 0.00693 e. The van der Waals surface area contributed by atoms with Crippen molar-refractivity contribution in [3.63, 3.8) is 0 Å². The summed E-state index contributed by atoms with van der Waals surface area (Å²) in [5.41, 5.74) is 2.08. The van der Waals surface area contributed by atoms with Gasteiger partial charge in [-0.15, -0.1) is 11.8 Å². The SMILES string of the molecule is CC.CC(C)=N.CCNCC.CCc1ccc(SC)cc1. The Kier molecular flexibility index (Phi) is 25.8. The van der Waals surface area contributed by atoms with E-state index in [0.717, 1.165) is 19.5 Å². The number of thioether (sulfide) groups is 1. The second-order valence-corrected chi connectivity index (χ2v) is 5.04. The molecule has 1 aromatic carbocycles. The zero-order chi connectivity index (χ0) is 17.1. The molecular weight excluding hydrogens is 276 g/mol. The molecule has 1 aromatic rings. The lowest BCUT2D eigenvalue weighted by molar-refractivity contribution is 0.762. The number of benzene rings is 1. The third kappa shape index (κ3) is 24.6. The Morgan fingerprint density at radius 2 is 1.38 bits per heavy atom. The Bertz CT molecular complexity index is 278. The first-order valence-electron chi connectivity index (χ1n) is 7.87. The molecule has 0 aliphatic rings. The average molecular weight is 313 g/mol. The van der Waals surface area contributed by atoms with E-state index in [-0.39, 0.29) is 0 Å². The molecule has 0 radical (unpaired) electrons. The summed E-state index contributed by atoms with van der Waals surface area (Å²) in [6.07, 6.45) is 3.23. The van der Waals surface area contributed by atoms with Crippen LogP contribution in [0, 0.1) is 5.41 Å². The maximum atomic E-state index is 6.50. The van der Waals surface area contributed by atoms with E-state index in [0.29, 0.717) is 5.71 Å². The van der Waals surface area contributed by atoms with Crippen LogP contribution in [0.5, 0.6) is 0 Å². The summed E-state index contributed by atoms with van der Waals surface area (Å²) in [5, 5.41) is 9.61. The minimum absolute atomic E-state index is 0.667. The van der Waals surface area contributed by atoms with Gasteiger partial charge in [0.15, 0.2) is 0 Å². The third-order valence-electron chi connectivity index (χ3n) is 2.07. The third-order valence-corrected chi connectivity index (χ3v) is 2.81. The van der Waals surface area contributed by atoms with Gasteiger partial charge < -0.3 is 10.7 Å². The molecule has 0 spiro atoms. The van der Waals surface area contributed by atoms with Crippen molar-refractivity contribution < 1.29 is 0 Å². The average Bonchev–Trinajstić information content (AvgIpc) is 2.50. The molecule has 0 aliphatic carbocycles. The summed E-state index contributed by atoms with van der Waals surface area (Å²) >= 11 is 1.79. The molecule has 0 saturated carbocycles. The molecule has 1 rings (SSSR count). The Morgan fingerprint density at radius 3 is 1.57 bits per heavy atom. The van der Waals surface area contributed by atoms with Gasteiger partial charge in [-0.25, -0.2) is 0 Å². The molecule has 2 nitrogen and oxygen atoms in total. The van der Waals surface area contributed by atoms with Crippen molar-refractivity contribution in [1.29, 1.82) is 5.41 Å². The number of hydrogen-bond acceptors (Lipinski definition) is 3. The highest BCUT2D eigenvalue weighted by atomic mass is 32.2. The van der Waals surface area contributed by atoms with Gasteiger partial charge >= 0.3 is 0 Å². The molecule has 124 valence electrons. The van der Waals surface area contributed by atoms with Crippen molar-refractivity contribution in [2.75, 3.05) is 19.3 Å². The van der Waals surface area contributed by atoms with E-state index in [2.05, 4.69) is 56.6 Å². The summed E-state index contributed by atoms with van der Waals surface area (Å²) in [6.45, 7) is 16.1. The van der Waals surface area contributed by atoms with Gasteiger partial charge in [-0.2, -0.15) is 0 Å². The Labute approximate surface area is 137 Å². The van der Waals surface area contributed by atoms with E-state index in [9.17, 15) is 0 Å². The van der Waals surface area contributed by atoms with Crippen molar-refractivity contribution in [2.45, 2.75) is 59.8 Å². The van der Waals surface area contributed by atoms with Gasteiger partial charge in [0, 0.05) is 10.6 Å². The first-order valence-corrected chi connectivity index (χ1v) is 9.09. The fourth-order valence-electron chi connectivity index (χ4n) is 1.11. The van der Waals surface area contributed by atoms with Gasteiger partial charge in [0.05, 0.1) is 0 Å². The van der Waals surface area contributed by atoms with Crippen LogP contribution in [0.4, 0.5) is 0 Å². The summed E-state index contributed by atoms with van der Waals surface area (Å²) in [7, 11) is 0. The largest absolute Gasteiger partial charge is 0.317 e. The van der Waals surface area contributed by atoms with Crippen LogP contribution in [0.15, 0.2) is 29.2 Å². The second-order valence-electron chi connectivity index (χ2n) is 4.16. The van der Waals surface area contributed by atoms with Crippen molar-refractivity contribution in [3.8, 4) is 0 Å². The second kappa shape index (κ2) is 21.5. The van der Waals surface area contributed by atoms with E-state index in [1.807, 2.05) is 13.8 Å². The zero-order valence-electron chi connectivity index (χ0n) is 15.3. The molecule has 3 heteroatoms. The number of nitrogens with one attached hydrogen (secondary N) is 2. The van der Waals surface area contributed by atoms with Crippen LogP contribution in [-0.4, -0.2) is 25.1 Å². The highest BCUT2D eigenvalue weighted by molar-refractivity contribution is 7.98. The molecule has 0 bridgehead atoms. The van der Waals surface area contributed by atoms with E-state index >= 15 is 0 Å². The van der Waals surface area contributed by atoms with Gasteiger partial charge in [-0.3, -0.25) is 0 Å². The van der Waals surface area contributed by atoms with Crippen LogP contribution in [0.25, 0.3) is 0 Å². The molecule has 0 aromatic heterocycles. The van der Waals surface area contributed by atoms with Gasteiger partial charge in [0.1, 0.15) is 0 Å². The smallest absolute Gasteiger partial charge is 0.00693 e. The lowest BCUT2D eigenvalue weighted by Crippen LogP contribution is -2.09. The van der Waals surface area contributed by atoms with Crippen LogP contribution in [-0.2, 0) is 6.42 Å². The van der Waals surface area contributed by atoms with E-state index in [1.165, 1.54) is 10.5 Å². The lowest BCUT2D eigenvalue weighted by Gasteiger charge is -1.97. The zero-order valence-corrected chi connectivity index (χ0v) is 16.2. The summed E-state index contributed by atoms with van der Waals surface area (Å²) in [6, 6.07) is 8.71.